The number of nitrogens with zero attached hydrogens (tertiary/aromatic N) is 3. The van der Waals surface area contributed by atoms with Crippen molar-refractivity contribution in [2.45, 2.75) is 25.6 Å². The number of methoxy groups -OCH3 is 1. The van der Waals surface area contributed by atoms with Gasteiger partial charge in [-0.25, -0.2) is 4.68 Å². The molecule has 98 valence electrons. The Bertz CT molecular complexity index is 351. The second-order valence-corrected chi connectivity index (χ2v) is 3.49. The first kappa shape index (κ1) is 13.9. The van der Waals surface area contributed by atoms with Gasteiger partial charge in [0.25, 0.3) is 0 Å². The van der Waals surface area contributed by atoms with Crippen LogP contribution in [0.1, 0.15) is 17.8 Å². The summed E-state index contributed by atoms with van der Waals surface area (Å²) in [6.45, 7) is 0.615. The first-order chi connectivity index (χ1) is 8.00. The normalized spacial score (nSPS) is 12.1. The van der Waals surface area contributed by atoms with Gasteiger partial charge in [-0.1, -0.05) is 5.21 Å². The summed E-state index contributed by atoms with van der Waals surface area (Å²) in [5.74, 6) is 0. The van der Waals surface area contributed by atoms with Crippen LogP contribution in [0.3, 0.4) is 0 Å². The first-order valence-corrected chi connectivity index (χ1v) is 5.19. The molecule has 0 atom stereocenters. The molecule has 0 saturated carbocycles. The van der Waals surface area contributed by atoms with Crippen LogP contribution in [0.25, 0.3) is 0 Å². The van der Waals surface area contributed by atoms with E-state index in [4.69, 9.17) is 10.5 Å². The molecule has 1 aromatic rings. The van der Waals surface area contributed by atoms with Gasteiger partial charge in [0.2, 0.25) is 0 Å². The Kier molecular flexibility index (Phi) is 4.88. The van der Waals surface area contributed by atoms with E-state index in [1.807, 2.05) is 0 Å². The lowest BCUT2D eigenvalue weighted by molar-refractivity contribution is -0.144. The van der Waals surface area contributed by atoms with Gasteiger partial charge in [0, 0.05) is 26.7 Å². The molecule has 5 nitrogen and oxygen atoms in total. The van der Waals surface area contributed by atoms with Crippen molar-refractivity contribution in [2.75, 3.05) is 20.3 Å². The Morgan fingerprint density at radius 1 is 1.41 bits per heavy atom. The van der Waals surface area contributed by atoms with Crippen LogP contribution in [0.5, 0.6) is 0 Å². The van der Waals surface area contributed by atoms with E-state index in [1.54, 1.807) is 0 Å². The maximum Gasteiger partial charge on any atom is 0.434 e. The molecule has 0 fully saturated rings. The molecule has 2 N–H and O–H groups in total. The molecule has 1 heterocycles. The summed E-state index contributed by atoms with van der Waals surface area (Å²) >= 11 is 0. The molecule has 8 heteroatoms. The number of nitrogens with two attached hydrogens (primary N) is 1. The number of hydrogen-bond donors (Lipinski definition) is 1. The van der Waals surface area contributed by atoms with E-state index < -0.39 is 11.9 Å². The predicted octanol–water partition coefficient (Wildman–Crippen LogP) is 0.835. The minimum Gasteiger partial charge on any atom is -0.385 e. The lowest BCUT2D eigenvalue weighted by atomic mass is 10.2. The quantitative estimate of drug-likeness (QED) is 0.762. The molecule has 0 bridgehead atoms. The molecule has 0 aromatic carbocycles. The fraction of sp³-hybridized carbons (Fsp3) is 0.778. The van der Waals surface area contributed by atoms with E-state index in [0.29, 0.717) is 13.0 Å². The van der Waals surface area contributed by atoms with Crippen molar-refractivity contribution in [1.82, 2.24) is 15.0 Å². The van der Waals surface area contributed by atoms with E-state index in [9.17, 15) is 13.2 Å². The van der Waals surface area contributed by atoms with Crippen molar-refractivity contribution in [3.05, 3.63) is 11.4 Å². The highest BCUT2D eigenvalue weighted by Gasteiger charge is 2.38. The Labute approximate surface area is 96.7 Å². The molecule has 0 aliphatic carbocycles. The number of rotatable bonds is 6. The van der Waals surface area contributed by atoms with Crippen molar-refractivity contribution in [3.63, 3.8) is 0 Å². The zero-order chi connectivity index (χ0) is 12.9. The minimum absolute atomic E-state index is 0.0686. The minimum atomic E-state index is -4.46. The van der Waals surface area contributed by atoms with E-state index >= 15 is 0 Å². The van der Waals surface area contributed by atoms with Crippen LogP contribution in [0.2, 0.25) is 0 Å². The Balaban J connectivity index is 2.89. The van der Waals surface area contributed by atoms with Crippen molar-refractivity contribution in [2.24, 2.45) is 5.73 Å². The van der Waals surface area contributed by atoms with E-state index in [0.717, 1.165) is 4.68 Å². The summed E-state index contributed by atoms with van der Waals surface area (Å²) in [5, 5.41) is 7.03. The first-order valence-electron chi connectivity index (χ1n) is 5.19. The Morgan fingerprint density at radius 3 is 2.65 bits per heavy atom. The average Bonchev–Trinajstić information content (AvgIpc) is 2.62. The summed E-state index contributed by atoms with van der Waals surface area (Å²) in [7, 11) is 1.49. The molecule has 0 aliphatic heterocycles. The van der Waals surface area contributed by atoms with Gasteiger partial charge < -0.3 is 10.5 Å². The molecule has 0 unspecified atom stereocenters. The van der Waals surface area contributed by atoms with Gasteiger partial charge in [0.05, 0.1) is 5.69 Å². The number of halogens is 3. The molecule has 1 rings (SSSR count). The Morgan fingerprint density at radius 2 is 2.12 bits per heavy atom. The molecule has 0 amide bonds. The smallest absolute Gasteiger partial charge is 0.385 e. The summed E-state index contributed by atoms with van der Waals surface area (Å²) in [4.78, 5) is 0. The lowest BCUT2D eigenvalue weighted by Crippen LogP contribution is -2.18. The molecule has 0 aliphatic rings. The SMILES string of the molecule is COCCCn1nnc(CCN)c1C(F)(F)F. The number of hydrogen-bond acceptors (Lipinski definition) is 4. The van der Waals surface area contributed by atoms with Crippen LogP contribution >= 0.6 is 0 Å². The highest BCUT2D eigenvalue weighted by molar-refractivity contribution is 5.14. The fourth-order valence-corrected chi connectivity index (χ4v) is 1.48. The number of alkyl halides is 3. The number of aromatic nitrogens is 3. The third-order valence-corrected chi connectivity index (χ3v) is 2.17. The van der Waals surface area contributed by atoms with E-state index in [1.165, 1.54) is 7.11 Å². The van der Waals surface area contributed by atoms with Gasteiger partial charge in [0.1, 0.15) is 0 Å². The molecule has 0 radical (unpaired) electrons. The van der Waals surface area contributed by atoms with Crippen molar-refractivity contribution >= 4 is 0 Å². The van der Waals surface area contributed by atoms with Crippen LogP contribution in [-0.2, 0) is 23.9 Å². The lowest BCUT2D eigenvalue weighted by Gasteiger charge is -2.10. The number of aryl methyl sites for hydroxylation is 1. The van der Waals surface area contributed by atoms with Crippen LogP contribution in [0.15, 0.2) is 0 Å². The van der Waals surface area contributed by atoms with Gasteiger partial charge >= 0.3 is 6.18 Å². The standard InChI is InChI=1S/C9H15F3N4O/c1-17-6-2-5-16-8(9(10,11)12)7(3-4-13)14-15-16/h2-6,13H2,1H3. The third-order valence-electron chi connectivity index (χ3n) is 2.17. The highest BCUT2D eigenvalue weighted by Crippen LogP contribution is 2.31. The van der Waals surface area contributed by atoms with Crippen molar-refractivity contribution in [1.29, 1.82) is 0 Å². The molecule has 0 saturated heterocycles. The van der Waals surface area contributed by atoms with Crippen LogP contribution < -0.4 is 5.73 Å². The van der Waals surface area contributed by atoms with Gasteiger partial charge in [-0.2, -0.15) is 13.2 Å². The topological polar surface area (TPSA) is 66.0 Å². The van der Waals surface area contributed by atoms with Crippen molar-refractivity contribution in [3.8, 4) is 0 Å². The Hall–Kier alpha value is -1.15. The molecule has 0 spiro atoms. The summed E-state index contributed by atoms with van der Waals surface area (Å²) in [6, 6.07) is 0. The molecular formula is C9H15F3N4O. The van der Waals surface area contributed by atoms with Gasteiger partial charge in [-0.3, -0.25) is 0 Å². The molecule has 1 aromatic heterocycles. The monoisotopic (exact) mass is 252 g/mol. The van der Waals surface area contributed by atoms with Crippen molar-refractivity contribution < 1.29 is 17.9 Å². The number of ether oxygens (including phenoxy) is 1. The zero-order valence-corrected chi connectivity index (χ0v) is 9.50. The predicted molar refractivity (Wildman–Crippen MR) is 54.3 cm³/mol. The maximum absolute atomic E-state index is 12.8. The second-order valence-electron chi connectivity index (χ2n) is 3.49. The average molecular weight is 252 g/mol. The molecule has 17 heavy (non-hydrogen) atoms. The molecular weight excluding hydrogens is 237 g/mol. The maximum atomic E-state index is 12.8. The van der Waals surface area contributed by atoms with Crippen LogP contribution in [-0.4, -0.2) is 35.3 Å². The fourth-order valence-electron chi connectivity index (χ4n) is 1.48. The van der Waals surface area contributed by atoms with Gasteiger partial charge in [0.15, 0.2) is 5.69 Å². The van der Waals surface area contributed by atoms with Gasteiger partial charge in [-0.15, -0.1) is 5.10 Å². The second kappa shape index (κ2) is 5.97. The zero-order valence-electron chi connectivity index (χ0n) is 9.50. The van der Waals surface area contributed by atoms with E-state index in [-0.39, 0.29) is 25.2 Å². The largest absolute Gasteiger partial charge is 0.434 e. The van der Waals surface area contributed by atoms with Crippen LogP contribution in [0, 0.1) is 0 Å². The third kappa shape index (κ3) is 3.67. The highest BCUT2D eigenvalue weighted by atomic mass is 19.4. The van der Waals surface area contributed by atoms with E-state index in [2.05, 4.69) is 10.3 Å². The van der Waals surface area contributed by atoms with Crippen LogP contribution in [0.4, 0.5) is 13.2 Å². The summed E-state index contributed by atoms with van der Waals surface area (Å²) in [5.41, 5.74) is 4.33. The van der Waals surface area contributed by atoms with Gasteiger partial charge in [-0.05, 0) is 13.0 Å². The summed E-state index contributed by atoms with van der Waals surface area (Å²) in [6.07, 6.45) is -3.94. The summed E-state index contributed by atoms with van der Waals surface area (Å²) < 4.78 is 44.1.